The maximum atomic E-state index is 13.8. The lowest BCUT2D eigenvalue weighted by Gasteiger charge is -2.15. The number of hydrogen-bond donors (Lipinski definition) is 1. The van der Waals surface area contributed by atoms with Gasteiger partial charge in [-0.3, -0.25) is 14.9 Å². The molecule has 5 nitrogen and oxygen atoms in total. The van der Waals surface area contributed by atoms with Gasteiger partial charge in [-0.1, -0.05) is 12.1 Å². The summed E-state index contributed by atoms with van der Waals surface area (Å²) in [7, 11) is 0. The summed E-state index contributed by atoms with van der Waals surface area (Å²) < 4.78 is 40.2. The monoisotopic (exact) mass is 417 g/mol. The molecule has 1 N–H and O–H groups in total. The summed E-state index contributed by atoms with van der Waals surface area (Å²) in [6.07, 6.45) is 0.785. The summed E-state index contributed by atoms with van der Waals surface area (Å²) in [5.74, 6) is -5.60. The standard InChI is InChI=1S/C20H14F3N3O2S/c1-10(27)26-7-6-11-2-3-12(8-16(11)26)15-9-29-20(24-15)25-19(28)13-4-5-14(21)18(23)17(13)22/h2-5,8-9H,6-7H2,1H3,(H,24,25,28). The Hall–Kier alpha value is -3.20. The van der Waals surface area contributed by atoms with Gasteiger partial charge in [0, 0.05) is 30.1 Å². The fourth-order valence-corrected chi connectivity index (χ4v) is 3.91. The van der Waals surface area contributed by atoms with Crippen molar-refractivity contribution in [1.82, 2.24) is 4.98 Å². The third kappa shape index (κ3) is 3.49. The second kappa shape index (κ2) is 7.32. The van der Waals surface area contributed by atoms with Crippen molar-refractivity contribution < 1.29 is 22.8 Å². The van der Waals surface area contributed by atoms with E-state index in [0.717, 1.165) is 40.6 Å². The predicted molar refractivity (Wildman–Crippen MR) is 104 cm³/mol. The lowest BCUT2D eigenvalue weighted by molar-refractivity contribution is -0.116. The molecule has 1 aliphatic rings. The molecule has 9 heteroatoms. The number of aromatic nitrogens is 1. The van der Waals surface area contributed by atoms with Gasteiger partial charge >= 0.3 is 0 Å². The average Bonchev–Trinajstić information content (AvgIpc) is 3.32. The average molecular weight is 417 g/mol. The third-order valence-electron chi connectivity index (χ3n) is 4.66. The van der Waals surface area contributed by atoms with Crippen LogP contribution in [0.2, 0.25) is 0 Å². The number of amides is 2. The Kier molecular flexibility index (Phi) is 4.83. The van der Waals surface area contributed by atoms with Gasteiger partial charge in [-0.2, -0.15) is 0 Å². The van der Waals surface area contributed by atoms with E-state index in [-0.39, 0.29) is 11.0 Å². The highest BCUT2D eigenvalue weighted by Gasteiger charge is 2.23. The number of carbonyl (C=O) groups is 2. The van der Waals surface area contributed by atoms with E-state index in [1.807, 2.05) is 18.2 Å². The van der Waals surface area contributed by atoms with E-state index in [1.54, 1.807) is 10.3 Å². The SMILES string of the molecule is CC(=O)N1CCc2ccc(-c3csc(NC(=O)c4ccc(F)c(F)c4F)n3)cc21. The molecule has 0 saturated heterocycles. The molecule has 148 valence electrons. The summed E-state index contributed by atoms with van der Waals surface area (Å²) in [6.45, 7) is 2.14. The highest BCUT2D eigenvalue weighted by Crippen LogP contribution is 2.34. The molecule has 0 bridgehead atoms. The Bertz CT molecular complexity index is 1150. The third-order valence-corrected chi connectivity index (χ3v) is 5.42. The minimum absolute atomic E-state index is 0.0410. The normalized spacial score (nSPS) is 12.8. The van der Waals surface area contributed by atoms with Gasteiger partial charge in [0.05, 0.1) is 11.3 Å². The second-order valence-electron chi connectivity index (χ2n) is 6.48. The van der Waals surface area contributed by atoms with Gasteiger partial charge < -0.3 is 4.90 Å². The van der Waals surface area contributed by atoms with Gasteiger partial charge in [-0.05, 0) is 30.2 Å². The lowest BCUT2D eigenvalue weighted by Crippen LogP contribution is -2.25. The van der Waals surface area contributed by atoms with E-state index in [9.17, 15) is 22.8 Å². The van der Waals surface area contributed by atoms with Crippen molar-refractivity contribution in [1.29, 1.82) is 0 Å². The van der Waals surface area contributed by atoms with Crippen molar-refractivity contribution in [2.24, 2.45) is 0 Å². The maximum Gasteiger partial charge on any atom is 0.260 e. The van der Waals surface area contributed by atoms with Crippen LogP contribution >= 0.6 is 11.3 Å². The summed E-state index contributed by atoms with van der Waals surface area (Å²) in [5.41, 5.74) is 2.61. The molecule has 4 rings (SSSR count). The number of carbonyl (C=O) groups excluding carboxylic acids is 2. The highest BCUT2D eigenvalue weighted by atomic mass is 32.1. The quantitative estimate of drug-likeness (QED) is 0.643. The Morgan fingerprint density at radius 3 is 2.69 bits per heavy atom. The fourth-order valence-electron chi connectivity index (χ4n) is 3.20. The lowest BCUT2D eigenvalue weighted by atomic mass is 10.1. The minimum atomic E-state index is -1.70. The van der Waals surface area contributed by atoms with E-state index in [2.05, 4.69) is 10.3 Å². The molecule has 0 atom stereocenters. The van der Waals surface area contributed by atoms with Crippen molar-refractivity contribution >= 4 is 34.0 Å². The Labute approximate surface area is 167 Å². The number of nitrogens with zero attached hydrogens (tertiary/aromatic N) is 2. The molecule has 1 aromatic heterocycles. The second-order valence-corrected chi connectivity index (χ2v) is 7.34. The topological polar surface area (TPSA) is 62.3 Å². The molecule has 2 amide bonds. The van der Waals surface area contributed by atoms with Crippen molar-refractivity contribution in [3.63, 3.8) is 0 Å². The van der Waals surface area contributed by atoms with Gasteiger partial charge in [0.1, 0.15) is 0 Å². The molecule has 0 aliphatic carbocycles. The van der Waals surface area contributed by atoms with E-state index < -0.39 is 28.9 Å². The molecule has 0 saturated carbocycles. The van der Waals surface area contributed by atoms with Crippen LogP contribution in [0.1, 0.15) is 22.8 Å². The van der Waals surface area contributed by atoms with Crippen LogP contribution in [0.25, 0.3) is 11.3 Å². The van der Waals surface area contributed by atoms with Crippen LogP contribution in [0.3, 0.4) is 0 Å². The molecule has 29 heavy (non-hydrogen) atoms. The Morgan fingerprint density at radius 1 is 1.14 bits per heavy atom. The molecule has 0 fully saturated rings. The largest absolute Gasteiger partial charge is 0.312 e. The van der Waals surface area contributed by atoms with E-state index >= 15 is 0 Å². The van der Waals surface area contributed by atoms with Crippen LogP contribution in [0.5, 0.6) is 0 Å². The molecule has 2 aromatic carbocycles. The molecule has 0 unspecified atom stereocenters. The van der Waals surface area contributed by atoms with Crippen LogP contribution in [-0.4, -0.2) is 23.3 Å². The van der Waals surface area contributed by atoms with E-state index in [0.29, 0.717) is 18.3 Å². The Morgan fingerprint density at radius 2 is 1.93 bits per heavy atom. The van der Waals surface area contributed by atoms with Crippen molar-refractivity contribution in [3.05, 3.63) is 64.3 Å². The van der Waals surface area contributed by atoms with Crippen LogP contribution in [0, 0.1) is 17.5 Å². The number of nitrogens with one attached hydrogen (secondary N) is 1. The number of hydrogen-bond acceptors (Lipinski definition) is 4. The zero-order valence-electron chi connectivity index (χ0n) is 15.1. The van der Waals surface area contributed by atoms with Crippen LogP contribution in [-0.2, 0) is 11.2 Å². The van der Waals surface area contributed by atoms with E-state index in [4.69, 9.17) is 0 Å². The van der Waals surface area contributed by atoms with Gasteiger partial charge in [0.2, 0.25) is 5.91 Å². The van der Waals surface area contributed by atoms with Crippen molar-refractivity contribution in [3.8, 4) is 11.3 Å². The van der Waals surface area contributed by atoms with Crippen molar-refractivity contribution in [2.45, 2.75) is 13.3 Å². The number of fused-ring (bicyclic) bond motifs is 1. The van der Waals surface area contributed by atoms with Gasteiger partial charge in [-0.25, -0.2) is 18.2 Å². The summed E-state index contributed by atoms with van der Waals surface area (Å²) in [5, 5.41) is 4.27. The molecule has 2 heterocycles. The number of thiazole rings is 1. The van der Waals surface area contributed by atoms with E-state index in [1.165, 1.54) is 6.92 Å². The number of benzene rings is 2. The van der Waals surface area contributed by atoms with Crippen LogP contribution in [0.4, 0.5) is 24.0 Å². The van der Waals surface area contributed by atoms with Gasteiger partial charge in [0.25, 0.3) is 5.91 Å². The molecule has 1 aliphatic heterocycles. The predicted octanol–water partition coefficient (Wildman–Crippen LogP) is 4.39. The summed E-state index contributed by atoms with van der Waals surface area (Å²) in [4.78, 5) is 30.0. The zero-order chi connectivity index (χ0) is 20.7. The first-order valence-corrected chi connectivity index (χ1v) is 9.55. The van der Waals surface area contributed by atoms with Gasteiger partial charge in [0.15, 0.2) is 22.6 Å². The highest BCUT2D eigenvalue weighted by molar-refractivity contribution is 7.14. The zero-order valence-corrected chi connectivity index (χ0v) is 15.9. The molecular formula is C20H14F3N3O2S. The fraction of sp³-hybridized carbons (Fsp3) is 0.150. The molecule has 0 radical (unpaired) electrons. The molecule has 3 aromatic rings. The first kappa shape index (κ1) is 19.1. The number of anilines is 2. The van der Waals surface area contributed by atoms with Gasteiger partial charge in [-0.15, -0.1) is 11.3 Å². The Balaban J connectivity index is 1.57. The number of rotatable bonds is 3. The molecule has 0 spiro atoms. The minimum Gasteiger partial charge on any atom is -0.312 e. The first-order valence-electron chi connectivity index (χ1n) is 8.67. The van der Waals surface area contributed by atoms with Crippen LogP contribution < -0.4 is 10.2 Å². The van der Waals surface area contributed by atoms with Crippen molar-refractivity contribution in [2.75, 3.05) is 16.8 Å². The smallest absolute Gasteiger partial charge is 0.260 e. The summed E-state index contributed by atoms with van der Waals surface area (Å²) in [6, 6.07) is 7.22. The van der Waals surface area contributed by atoms with Crippen LogP contribution in [0.15, 0.2) is 35.7 Å². The maximum absolute atomic E-state index is 13.8. The number of halogens is 3. The molecular weight excluding hydrogens is 403 g/mol. The summed E-state index contributed by atoms with van der Waals surface area (Å²) >= 11 is 1.11. The first-order chi connectivity index (χ1) is 13.8.